The predicted molar refractivity (Wildman–Crippen MR) is 86.6 cm³/mol. The molecular formula is C13H14BrClINO. The van der Waals surface area contributed by atoms with Crippen molar-refractivity contribution in [3.63, 3.8) is 0 Å². The minimum Gasteiger partial charge on any atom is -0.349 e. The highest BCUT2D eigenvalue weighted by atomic mass is 127. The van der Waals surface area contributed by atoms with Gasteiger partial charge in [0.25, 0.3) is 5.91 Å². The molecule has 1 amide bonds. The number of carbonyl (C=O) groups excluding carboxylic acids is 1. The first-order valence-corrected chi connectivity index (χ1v) is 8.51. The molecule has 2 atom stereocenters. The normalized spacial score (nSPS) is 23.1. The molecule has 1 aromatic rings. The van der Waals surface area contributed by atoms with E-state index in [0.29, 0.717) is 16.5 Å². The van der Waals surface area contributed by atoms with Crippen LogP contribution in [0.5, 0.6) is 0 Å². The first-order chi connectivity index (χ1) is 8.61. The van der Waals surface area contributed by atoms with Crippen molar-refractivity contribution in [3.05, 3.63) is 32.4 Å². The standard InChI is InChI=1S/C13H14BrClINO/c14-7-9-2-1-3-12(9)17-13(18)8-4-5-11(16)10(15)6-8/h4-6,9,12H,1-3,7H2,(H,17,18). The van der Waals surface area contributed by atoms with Crippen molar-refractivity contribution in [1.82, 2.24) is 5.32 Å². The summed E-state index contributed by atoms with van der Waals surface area (Å²) in [6, 6.07) is 5.71. The molecule has 0 aromatic heterocycles. The van der Waals surface area contributed by atoms with Crippen LogP contribution in [0.2, 0.25) is 5.02 Å². The molecule has 0 spiro atoms. The van der Waals surface area contributed by atoms with Crippen molar-refractivity contribution in [3.8, 4) is 0 Å². The Bertz CT molecular complexity index is 455. The largest absolute Gasteiger partial charge is 0.349 e. The molecule has 18 heavy (non-hydrogen) atoms. The second-order valence-corrected chi connectivity index (χ2v) is 6.77. The molecule has 1 N–H and O–H groups in total. The molecule has 1 aliphatic carbocycles. The maximum Gasteiger partial charge on any atom is 0.251 e. The van der Waals surface area contributed by atoms with Crippen LogP contribution in [0.15, 0.2) is 18.2 Å². The van der Waals surface area contributed by atoms with Gasteiger partial charge in [-0.1, -0.05) is 34.0 Å². The quantitative estimate of drug-likeness (QED) is 0.551. The van der Waals surface area contributed by atoms with E-state index >= 15 is 0 Å². The van der Waals surface area contributed by atoms with E-state index in [0.717, 1.165) is 15.3 Å². The van der Waals surface area contributed by atoms with Gasteiger partial charge in [-0.3, -0.25) is 4.79 Å². The van der Waals surface area contributed by atoms with Crippen LogP contribution in [0.1, 0.15) is 29.6 Å². The number of benzene rings is 1. The molecule has 1 saturated carbocycles. The second-order valence-electron chi connectivity index (χ2n) is 4.55. The van der Waals surface area contributed by atoms with Crippen LogP contribution >= 0.6 is 50.1 Å². The van der Waals surface area contributed by atoms with Gasteiger partial charge in [-0.05, 0) is 59.5 Å². The fourth-order valence-electron chi connectivity index (χ4n) is 2.30. The average molecular weight is 443 g/mol. The number of carbonyl (C=O) groups is 1. The summed E-state index contributed by atoms with van der Waals surface area (Å²) >= 11 is 11.7. The molecule has 1 aliphatic rings. The van der Waals surface area contributed by atoms with Gasteiger partial charge in [-0.25, -0.2) is 0 Å². The van der Waals surface area contributed by atoms with E-state index in [2.05, 4.69) is 43.8 Å². The maximum absolute atomic E-state index is 12.1. The fraction of sp³-hybridized carbons (Fsp3) is 0.462. The summed E-state index contributed by atoms with van der Waals surface area (Å²) in [4.78, 5) is 12.1. The van der Waals surface area contributed by atoms with Crippen molar-refractivity contribution < 1.29 is 4.79 Å². The minimum absolute atomic E-state index is 0.0221. The number of amides is 1. The molecule has 2 rings (SSSR count). The first-order valence-electron chi connectivity index (χ1n) is 5.93. The second kappa shape index (κ2) is 6.57. The van der Waals surface area contributed by atoms with Gasteiger partial charge in [0.2, 0.25) is 0 Å². The molecule has 0 saturated heterocycles. The SMILES string of the molecule is O=C(NC1CCCC1CBr)c1ccc(I)c(Cl)c1. The lowest BCUT2D eigenvalue weighted by Gasteiger charge is -2.19. The van der Waals surface area contributed by atoms with Gasteiger partial charge < -0.3 is 5.32 Å². The summed E-state index contributed by atoms with van der Waals surface area (Å²) in [7, 11) is 0. The van der Waals surface area contributed by atoms with Crippen molar-refractivity contribution in [1.29, 1.82) is 0 Å². The molecule has 1 aromatic carbocycles. The number of hydrogen-bond donors (Lipinski definition) is 1. The van der Waals surface area contributed by atoms with E-state index < -0.39 is 0 Å². The highest BCUT2D eigenvalue weighted by molar-refractivity contribution is 14.1. The maximum atomic E-state index is 12.1. The Hall–Kier alpha value is 0.190. The molecular weight excluding hydrogens is 428 g/mol. The summed E-state index contributed by atoms with van der Waals surface area (Å²) in [5, 5.41) is 4.69. The summed E-state index contributed by atoms with van der Waals surface area (Å²) in [5.41, 5.74) is 0.639. The number of hydrogen-bond acceptors (Lipinski definition) is 1. The Kier molecular flexibility index (Phi) is 5.33. The van der Waals surface area contributed by atoms with Crippen molar-refractivity contribution in [2.45, 2.75) is 25.3 Å². The third-order valence-electron chi connectivity index (χ3n) is 3.36. The van der Waals surface area contributed by atoms with Crippen LogP contribution in [0, 0.1) is 9.49 Å². The van der Waals surface area contributed by atoms with Crippen LogP contribution < -0.4 is 5.32 Å². The highest BCUT2D eigenvalue weighted by Crippen LogP contribution is 2.27. The van der Waals surface area contributed by atoms with E-state index in [1.165, 1.54) is 12.8 Å². The van der Waals surface area contributed by atoms with Crippen LogP contribution in [0.25, 0.3) is 0 Å². The molecule has 0 bridgehead atoms. The van der Waals surface area contributed by atoms with E-state index in [1.807, 2.05) is 12.1 Å². The molecule has 5 heteroatoms. The van der Waals surface area contributed by atoms with Crippen LogP contribution in [-0.4, -0.2) is 17.3 Å². The first kappa shape index (κ1) is 14.6. The number of alkyl halides is 1. The van der Waals surface area contributed by atoms with Crippen LogP contribution in [0.3, 0.4) is 0 Å². The number of halogens is 3. The van der Waals surface area contributed by atoms with Gasteiger partial charge in [0.15, 0.2) is 0 Å². The molecule has 0 aliphatic heterocycles. The summed E-state index contributed by atoms with van der Waals surface area (Å²) in [6.45, 7) is 0. The van der Waals surface area contributed by atoms with E-state index in [1.54, 1.807) is 6.07 Å². The zero-order valence-electron chi connectivity index (χ0n) is 9.76. The van der Waals surface area contributed by atoms with Gasteiger partial charge in [0.05, 0.1) is 5.02 Å². The van der Waals surface area contributed by atoms with E-state index in [9.17, 15) is 4.79 Å². The third kappa shape index (κ3) is 3.39. The van der Waals surface area contributed by atoms with E-state index in [-0.39, 0.29) is 11.9 Å². The minimum atomic E-state index is -0.0221. The monoisotopic (exact) mass is 441 g/mol. The third-order valence-corrected chi connectivity index (χ3v) is 5.76. The Labute approximate surface area is 134 Å². The van der Waals surface area contributed by atoms with Crippen LogP contribution in [0.4, 0.5) is 0 Å². The summed E-state index contributed by atoms with van der Waals surface area (Å²) in [5.74, 6) is 0.527. The molecule has 2 unspecified atom stereocenters. The Morgan fingerprint density at radius 3 is 2.94 bits per heavy atom. The zero-order chi connectivity index (χ0) is 13.1. The summed E-state index contributed by atoms with van der Waals surface area (Å²) in [6.07, 6.45) is 3.44. The summed E-state index contributed by atoms with van der Waals surface area (Å²) < 4.78 is 0.963. The number of rotatable bonds is 3. The topological polar surface area (TPSA) is 29.1 Å². The molecule has 0 heterocycles. The van der Waals surface area contributed by atoms with Crippen molar-refractivity contribution in [2.75, 3.05) is 5.33 Å². The molecule has 1 fully saturated rings. The zero-order valence-corrected chi connectivity index (χ0v) is 14.3. The van der Waals surface area contributed by atoms with Crippen LogP contribution in [-0.2, 0) is 0 Å². The lowest BCUT2D eigenvalue weighted by atomic mass is 10.1. The Morgan fingerprint density at radius 2 is 2.28 bits per heavy atom. The van der Waals surface area contributed by atoms with Gasteiger partial charge >= 0.3 is 0 Å². The van der Waals surface area contributed by atoms with Gasteiger partial charge in [-0.2, -0.15) is 0 Å². The Balaban J connectivity index is 2.05. The van der Waals surface area contributed by atoms with Crippen molar-refractivity contribution >= 4 is 56.0 Å². The lowest BCUT2D eigenvalue weighted by Crippen LogP contribution is -2.37. The molecule has 2 nitrogen and oxygen atoms in total. The van der Waals surface area contributed by atoms with Gasteiger partial charge in [0.1, 0.15) is 0 Å². The fourth-order valence-corrected chi connectivity index (χ4v) is 3.59. The van der Waals surface area contributed by atoms with Crippen molar-refractivity contribution in [2.24, 2.45) is 5.92 Å². The van der Waals surface area contributed by atoms with Gasteiger partial charge in [-0.15, -0.1) is 0 Å². The lowest BCUT2D eigenvalue weighted by molar-refractivity contribution is 0.0930. The predicted octanol–water partition coefficient (Wildman–Crippen LogP) is 4.24. The van der Waals surface area contributed by atoms with Gasteiger partial charge in [0, 0.05) is 20.5 Å². The smallest absolute Gasteiger partial charge is 0.251 e. The highest BCUT2D eigenvalue weighted by Gasteiger charge is 2.27. The Morgan fingerprint density at radius 1 is 1.50 bits per heavy atom. The average Bonchev–Trinajstić information content (AvgIpc) is 2.79. The van der Waals surface area contributed by atoms with E-state index in [4.69, 9.17) is 11.6 Å². The molecule has 0 radical (unpaired) electrons. The molecule has 98 valence electrons. The number of nitrogens with one attached hydrogen (secondary N) is 1.